The van der Waals surface area contributed by atoms with E-state index in [2.05, 4.69) is 24.3 Å². The number of hydrogen-bond donors (Lipinski definition) is 1. The molecule has 3 rings (SSSR count). The van der Waals surface area contributed by atoms with Gasteiger partial charge in [-0.25, -0.2) is 4.79 Å². The summed E-state index contributed by atoms with van der Waals surface area (Å²) >= 11 is 0. The van der Waals surface area contributed by atoms with E-state index in [1.165, 1.54) is 5.56 Å². The Balaban J connectivity index is 1.82. The van der Waals surface area contributed by atoms with Crippen molar-refractivity contribution in [2.45, 2.75) is 6.54 Å². The standard InChI is InChI=1S/C18H15NO2/c20-18(21)17-7-4-12-19(17)13-14-8-10-16(11-9-14)15-5-2-1-3-6-15/h1-12H,13H2,(H,20,21). The Labute approximate surface area is 123 Å². The minimum Gasteiger partial charge on any atom is -0.477 e. The predicted molar refractivity (Wildman–Crippen MR) is 82.4 cm³/mol. The first-order valence-corrected chi connectivity index (χ1v) is 6.77. The third kappa shape index (κ3) is 2.87. The quantitative estimate of drug-likeness (QED) is 0.785. The summed E-state index contributed by atoms with van der Waals surface area (Å²) in [6, 6.07) is 21.7. The molecule has 0 aliphatic heterocycles. The number of carboxylic acid groups (broad SMARTS) is 1. The molecule has 104 valence electrons. The second-order valence-electron chi connectivity index (χ2n) is 4.89. The maximum absolute atomic E-state index is 11.1. The van der Waals surface area contributed by atoms with Crippen LogP contribution >= 0.6 is 0 Å². The molecular weight excluding hydrogens is 262 g/mol. The molecule has 0 aliphatic carbocycles. The van der Waals surface area contributed by atoms with Gasteiger partial charge < -0.3 is 9.67 Å². The highest BCUT2D eigenvalue weighted by Gasteiger charge is 2.08. The number of aromatic nitrogens is 1. The zero-order chi connectivity index (χ0) is 14.7. The Morgan fingerprint density at radius 3 is 2.19 bits per heavy atom. The molecule has 0 aliphatic rings. The molecule has 0 unspecified atom stereocenters. The van der Waals surface area contributed by atoms with Gasteiger partial charge in [-0.05, 0) is 28.8 Å². The molecule has 3 aromatic rings. The predicted octanol–water partition coefficient (Wildman–Crippen LogP) is 3.90. The largest absolute Gasteiger partial charge is 0.477 e. The first-order valence-electron chi connectivity index (χ1n) is 6.77. The van der Waals surface area contributed by atoms with Gasteiger partial charge in [0.15, 0.2) is 0 Å². The third-order valence-electron chi connectivity index (χ3n) is 3.46. The van der Waals surface area contributed by atoms with Crippen molar-refractivity contribution in [2.24, 2.45) is 0 Å². The maximum atomic E-state index is 11.1. The number of benzene rings is 2. The van der Waals surface area contributed by atoms with Gasteiger partial charge in [0.2, 0.25) is 0 Å². The normalized spacial score (nSPS) is 10.5. The molecule has 1 heterocycles. The van der Waals surface area contributed by atoms with Gasteiger partial charge >= 0.3 is 5.97 Å². The van der Waals surface area contributed by atoms with Crippen LogP contribution in [0.2, 0.25) is 0 Å². The monoisotopic (exact) mass is 277 g/mol. The fraction of sp³-hybridized carbons (Fsp3) is 0.0556. The average Bonchev–Trinajstić information content (AvgIpc) is 2.97. The SMILES string of the molecule is O=C(O)c1cccn1Cc1ccc(-c2ccccc2)cc1. The lowest BCUT2D eigenvalue weighted by atomic mass is 10.0. The van der Waals surface area contributed by atoms with Crippen LogP contribution in [0, 0.1) is 0 Å². The van der Waals surface area contributed by atoms with E-state index in [9.17, 15) is 4.79 Å². The first kappa shape index (κ1) is 13.2. The second kappa shape index (κ2) is 5.67. The van der Waals surface area contributed by atoms with Gasteiger partial charge in [-0.1, -0.05) is 54.6 Å². The summed E-state index contributed by atoms with van der Waals surface area (Å²) in [5, 5.41) is 9.10. The Kier molecular flexibility index (Phi) is 3.56. The van der Waals surface area contributed by atoms with E-state index in [1.807, 2.05) is 30.3 Å². The van der Waals surface area contributed by atoms with Crippen LogP contribution in [0.3, 0.4) is 0 Å². The van der Waals surface area contributed by atoms with Crippen LogP contribution in [0.5, 0.6) is 0 Å². The molecule has 0 spiro atoms. The molecule has 0 saturated heterocycles. The van der Waals surface area contributed by atoms with Crippen LogP contribution in [0.25, 0.3) is 11.1 Å². The second-order valence-corrected chi connectivity index (χ2v) is 4.89. The number of rotatable bonds is 4. The molecule has 0 fully saturated rings. The average molecular weight is 277 g/mol. The zero-order valence-electron chi connectivity index (χ0n) is 11.4. The number of hydrogen-bond acceptors (Lipinski definition) is 1. The molecule has 0 atom stereocenters. The highest BCUT2D eigenvalue weighted by atomic mass is 16.4. The van der Waals surface area contributed by atoms with E-state index >= 15 is 0 Å². The topological polar surface area (TPSA) is 42.2 Å². The zero-order valence-corrected chi connectivity index (χ0v) is 11.4. The molecular formula is C18H15NO2. The molecule has 0 amide bonds. The minimum atomic E-state index is -0.902. The van der Waals surface area contributed by atoms with Crippen molar-refractivity contribution in [3.8, 4) is 11.1 Å². The minimum absolute atomic E-state index is 0.308. The van der Waals surface area contributed by atoms with Crippen molar-refractivity contribution >= 4 is 5.97 Å². The van der Waals surface area contributed by atoms with Gasteiger partial charge in [0.05, 0.1) is 0 Å². The molecule has 2 aromatic carbocycles. The summed E-state index contributed by atoms with van der Waals surface area (Å²) in [7, 11) is 0. The van der Waals surface area contributed by atoms with Crippen LogP contribution in [-0.2, 0) is 6.54 Å². The van der Waals surface area contributed by atoms with E-state index < -0.39 is 5.97 Å². The van der Waals surface area contributed by atoms with Crippen molar-refractivity contribution < 1.29 is 9.90 Å². The molecule has 3 nitrogen and oxygen atoms in total. The molecule has 21 heavy (non-hydrogen) atoms. The smallest absolute Gasteiger partial charge is 0.352 e. The fourth-order valence-electron chi connectivity index (χ4n) is 2.38. The van der Waals surface area contributed by atoms with Crippen molar-refractivity contribution in [3.05, 3.63) is 84.2 Å². The van der Waals surface area contributed by atoms with E-state index in [0.717, 1.165) is 11.1 Å². The van der Waals surface area contributed by atoms with Crippen molar-refractivity contribution in [2.75, 3.05) is 0 Å². The lowest BCUT2D eigenvalue weighted by Gasteiger charge is -2.08. The van der Waals surface area contributed by atoms with Crippen molar-refractivity contribution in [1.82, 2.24) is 4.57 Å². The van der Waals surface area contributed by atoms with Crippen LogP contribution in [0.15, 0.2) is 72.9 Å². The molecule has 0 bridgehead atoms. The molecule has 1 aromatic heterocycles. The lowest BCUT2D eigenvalue weighted by molar-refractivity contribution is 0.0685. The summed E-state index contributed by atoms with van der Waals surface area (Å²) in [4.78, 5) is 11.1. The maximum Gasteiger partial charge on any atom is 0.352 e. The van der Waals surface area contributed by atoms with Crippen LogP contribution in [0.1, 0.15) is 16.1 Å². The summed E-state index contributed by atoms with van der Waals surface area (Å²) in [5.74, 6) is -0.902. The number of carbonyl (C=O) groups is 1. The van der Waals surface area contributed by atoms with Crippen molar-refractivity contribution in [3.63, 3.8) is 0 Å². The van der Waals surface area contributed by atoms with Crippen LogP contribution in [0.4, 0.5) is 0 Å². The van der Waals surface area contributed by atoms with Gasteiger partial charge in [0.1, 0.15) is 5.69 Å². The summed E-state index contributed by atoms with van der Waals surface area (Å²) < 4.78 is 1.74. The Morgan fingerprint density at radius 1 is 0.857 bits per heavy atom. The third-order valence-corrected chi connectivity index (χ3v) is 3.46. The number of nitrogens with zero attached hydrogens (tertiary/aromatic N) is 1. The summed E-state index contributed by atoms with van der Waals surface area (Å²) in [6.45, 7) is 0.559. The van der Waals surface area contributed by atoms with E-state index in [4.69, 9.17) is 5.11 Å². The number of aromatic carboxylic acids is 1. The fourth-order valence-corrected chi connectivity index (χ4v) is 2.38. The van der Waals surface area contributed by atoms with E-state index in [0.29, 0.717) is 12.2 Å². The van der Waals surface area contributed by atoms with Gasteiger partial charge in [0.25, 0.3) is 0 Å². The molecule has 0 radical (unpaired) electrons. The first-order chi connectivity index (χ1) is 10.2. The van der Waals surface area contributed by atoms with Crippen LogP contribution in [-0.4, -0.2) is 15.6 Å². The molecule has 1 N–H and O–H groups in total. The Hall–Kier alpha value is -2.81. The number of carboxylic acids is 1. The molecule has 3 heteroatoms. The van der Waals surface area contributed by atoms with Gasteiger partial charge in [0, 0.05) is 12.7 Å². The van der Waals surface area contributed by atoms with Gasteiger partial charge in [-0.2, -0.15) is 0 Å². The summed E-state index contributed by atoms with van der Waals surface area (Å²) in [5.41, 5.74) is 3.72. The highest BCUT2D eigenvalue weighted by Crippen LogP contribution is 2.19. The van der Waals surface area contributed by atoms with E-state index in [-0.39, 0.29) is 0 Å². The Bertz CT molecular complexity index is 742. The highest BCUT2D eigenvalue weighted by molar-refractivity contribution is 5.85. The van der Waals surface area contributed by atoms with Gasteiger partial charge in [-0.3, -0.25) is 0 Å². The lowest BCUT2D eigenvalue weighted by Crippen LogP contribution is -2.08. The van der Waals surface area contributed by atoms with Crippen molar-refractivity contribution in [1.29, 1.82) is 0 Å². The van der Waals surface area contributed by atoms with Crippen LogP contribution < -0.4 is 0 Å². The van der Waals surface area contributed by atoms with Gasteiger partial charge in [-0.15, -0.1) is 0 Å². The Morgan fingerprint density at radius 2 is 1.52 bits per heavy atom. The van der Waals surface area contributed by atoms with E-state index in [1.54, 1.807) is 22.9 Å². The molecule has 0 saturated carbocycles. The summed E-state index contributed by atoms with van der Waals surface area (Å²) in [6.07, 6.45) is 1.79.